The molecule has 6 heteroatoms. The van der Waals surface area contributed by atoms with Gasteiger partial charge in [-0.1, -0.05) is 12.1 Å². The van der Waals surface area contributed by atoms with Crippen molar-refractivity contribution in [2.75, 3.05) is 0 Å². The molecule has 0 saturated heterocycles. The summed E-state index contributed by atoms with van der Waals surface area (Å²) in [4.78, 5) is 28.8. The highest BCUT2D eigenvalue weighted by molar-refractivity contribution is 5.95. The Hall–Kier alpha value is -2.89. The van der Waals surface area contributed by atoms with Crippen LogP contribution >= 0.6 is 0 Å². The monoisotopic (exact) mass is 267 g/mol. The van der Waals surface area contributed by atoms with E-state index in [4.69, 9.17) is 4.42 Å². The maximum atomic E-state index is 12.6. The van der Waals surface area contributed by atoms with E-state index in [-0.39, 0.29) is 17.3 Å². The molecule has 2 aromatic heterocycles. The maximum Gasteiger partial charge on any atom is 0.289 e. The number of benzene rings is 1. The number of para-hydroxylation sites is 1. The first kappa shape index (κ1) is 11.0. The number of nitrogens with zero attached hydrogens (tertiary/aromatic N) is 2. The highest BCUT2D eigenvalue weighted by Gasteiger charge is 2.34. The molecular weight excluding hydrogens is 258 g/mol. The van der Waals surface area contributed by atoms with Crippen molar-refractivity contribution in [3.05, 3.63) is 64.6 Å². The number of hydrogen-bond acceptors (Lipinski definition) is 4. The number of furan rings is 1. The van der Waals surface area contributed by atoms with Crippen molar-refractivity contribution in [2.45, 2.75) is 6.17 Å². The summed E-state index contributed by atoms with van der Waals surface area (Å²) in [6, 6.07) is 10.4. The Morgan fingerprint density at radius 3 is 2.80 bits per heavy atom. The summed E-state index contributed by atoms with van der Waals surface area (Å²) in [5.74, 6) is 0.223. The molecule has 0 spiro atoms. The molecule has 1 N–H and O–H groups in total. The minimum absolute atomic E-state index is 0.107. The fraction of sp³-hybridized carbons (Fsp3) is 0.0714. The van der Waals surface area contributed by atoms with Crippen LogP contribution < -0.4 is 10.9 Å². The zero-order valence-electron chi connectivity index (χ0n) is 10.2. The van der Waals surface area contributed by atoms with Gasteiger partial charge >= 0.3 is 0 Å². The van der Waals surface area contributed by atoms with Crippen LogP contribution in [-0.4, -0.2) is 15.5 Å². The summed E-state index contributed by atoms with van der Waals surface area (Å²) in [5.41, 5.74) is 0.254. The van der Waals surface area contributed by atoms with Crippen LogP contribution in [0.15, 0.2) is 51.9 Å². The van der Waals surface area contributed by atoms with E-state index in [1.165, 1.54) is 10.8 Å². The molecule has 1 aromatic carbocycles. The van der Waals surface area contributed by atoms with Crippen LogP contribution in [0.5, 0.6) is 0 Å². The molecule has 1 aliphatic rings. The van der Waals surface area contributed by atoms with E-state index in [0.717, 1.165) is 0 Å². The Labute approximate surface area is 112 Å². The van der Waals surface area contributed by atoms with Gasteiger partial charge in [0.1, 0.15) is 5.76 Å². The quantitative estimate of drug-likeness (QED) is 0.720. The van der Waals surface area contributed by atoms with Gasteiger partial charge in [0, 0.05) is 0 Å². The van der Waals surface area contributed by atoms with Crippen LogP contribution in [0.3, 0.4) is 0 Å². The highest BCUT2D eigenvalue weighted by Crippen LogP contribution is 2.22. The molecule has 0 saturated carbocycles. The molecule has 3 heterocycles. The second-order valence-electron chi connectivity index (χ2n) is 4.52. The molecular formula is C14H9N3O3. The molecule has 0 fully saturated rings. The predicted molar refractivity (Wildman–Crippen MR) is 70.3 cm³/mol. The molecule has 3 aromatic rings. The molecule has 0 unspecified atom stereocenters. The molecule has 0 radical (unpaired) electrons. The molecule has 0 aliphatic carbocycles. The van der Waals surface area contributed by atoms with E-state index in [9.17, 15) is 9.59 Å². The molecule has 20 heavy (non-hydrogen) atoms. The topological polar surface area (TPSA) is 77.1 Å². The summed E-state index contributed by atoms with van der Waals surface area (Å²) in [7, 11) is 0. The lowest BCUT2D eigenvalue weighted by molar-refractivity contribution is 0.0954. The van der Waals surface area contributed by atoms with Gasteiger partial charge in [-0.05, 0) is 24.3 Å². The number of rotatable bonds is 1. The molecule has 98 valence electrons. The molecule has 6 nitrogen and oxygen atoms in total. The van der Waals surface area contributed by atoms with Gasteiger partial charge in [0.15, 0.2) is 6.17 Å². The third-order valence-corrected chi connectivity index (χ3v) is 3.35. The van der Waals surface area contributed by atoms with Gasteiger partial charge in [-0.3, -0.25) is 14.2 Å². The van der Waals surface area contributed by atoms with Crippen LogP contribution in [0.2, 0.25) is 0 Å². The Balaban J connectivity index is 2.06. The van der Waals surface area contributed by atoms with E-state index in [1.807, 2.05) is 0 Å². The Bertz CT molecular complexity index is 880. The first-order chi connectivity index (χ1) is 9.75. The Morgan fingerprint density at radius 2 is 2.00 bits per heavy atom. The van der Waals surface area contributed by atoms with Crippen molar-refractivity contribution in [2.24, 2.45) is 0 Å². The van der Waals surface area contributed by atoms with Crippen molar-refractivity contribution < 1.29 is 9.21 Å². The number of amides is 1. The van der Waals surface area contributed by atoms with Crippen LogP contribution in [-0.2, 0) is 0 Å². The normalized spacial score (nSPS) is 17.2. The van der Waals surface area contributed by atoms with Gasteiger partial charge in [0.25, 0.3) is 11.5 Å². The van der Waals surface area contributed by atoms with E-state index in [0.29, 0.717) is 16.7 Å². The fourth-order valence-electron chi connectivity index (χ4n) is 2.44. The highest BCUT2D eigenvalue weighted by atomic mass is 16.3. The van der Waals surface area contributed by atoms with Crippen molar-refractivity contribution in [3.63, 3.8) is 0 Å². The lowest BCUT2D eigenvalue weighted by atomic mass is 10.2. The van der Waals surface area contributed by atoms with Crippen molar-refractivity contribution >= 4 is 16.8 Å². The summed E-state index contributed by atoms with van der Waals surface area (Å²) >= 11 is 0. The van der Waals surface area contributed by atoms with E-state index >= 15 is 0 Å². The Kier molecular flexibility index (Phi) is 2.09. The molecule has 1 aliphatic heterocycles. The van der Waals surface area contributed by atoms with Crippen LogP contribution in [0.25, 0.3) is 10.9 Å². The molecule has 1 atom stereocenters. The fourth-order valence-corrected chi connectivity index (χ4v) is 2.44. The minimum atomic E-state index is -0.642. The van der Waals surface area contributed by atoms with Gasteiger partial charge < -0.3 is 9.73 Å². The van der Waals surface area contributed by atoms with Gasteiger partial charge in [-0.15, -0.1) is 0 Å². The van der Waals surface area contributed by atoms with Crippen molar-refractivity contribution in [1.29, 1.82) is 0 Å². The van der Waals surface area contributed by atoms with Gasteiger partial charge in [-0.25, -0.2) is 4.98 Å². The smallest absolute Gasteiger partial charge is 0.289 e. The minimum Gasteiger partial charge on any atom is -0.465 e. The lowest BCUT2D eigenvalue weighted by Gasteiger charge is -2.11. The summed E-state index contributed by atoms with van der Waals surface area (Å²) in [6.45, 7) is 0. The van der Waals surface area contributed by atoms with Crippen molar-refractivity contribution in [1.82, 2.24) is 14.9 Å². The Morgan fingerprint density at radius 1 is 1.15 bits per heavy atom. The third-order valence-electron chi connectivity index (χ3n) is 3.35. The largest absolute Gasteiger partial charge is 0.465 e. The first-order valence-corrected chi connectivity index (χ1v) is 6.11. The number of nitrogens with one attached hydrogen (secondary N) is 1. The predicted octanol–water partition coefficient (Wildman–Crippen LogP) is 1.28. The SMILES string of the molecule is O=C1N[C@@H](c2ccco2)n2c1nc1ccccc1c2=O. The van der Waals surface area contributed by atoms with E-state index in [1.54, 1.807) is 36.4 Å². The number of carbonyl (C=O) groups is 1. The van der Waals surface area contributed by atoms with Gasteiger partial charge in [-0.2, -0.15) is 0 Å². The second-order valence-corrected chi connectivity index (χ2v) is 4.52. The van der Waals surface area contributed by atoms with Gasteiger partial charge in [0.2, 0.25) is 5.82 Å². The van der Waals surface area contributed by atoms with Crippen molar-refractivity contribution in [3.8, 4) is 0 Å². The average Bonchev–Trinajstić information content (AvgIpc) is 3.08. The van der Waals surface area contributed by atoms with Crippen LogP contribution in [0.1, 0.15) is 22.5 Å². The first-order valence-electron chi connectivity index (χ1n) is 6.11. The summed E-state index contributed by atoms with van der Waals surface area (Å²) in [6.07, 6.45) is 0.857. The molecule has 1 amide bonds. The van der Waals surface area contributed by atoms with Crippen LogP contribution in [0, 0.1) is 0 Å². The number of aromatic nitrogens is 2. The summed E-state index contributed by atoms with van der Waals surface area (Å²) in [5, 5.41) is 3.18. The summed E-state index contributed by atoms with van der Waals surface area (Å²) < 4.78 is 6.62. The third kappa shape index (κ3) is 1.36. The standard InChI is InChI=1S/C14H9N3O3/c18-13-12-15-9-5-2-1-4-8(9)14(19)17(12)11(16-13)10-6-3-7-20-10/h1-7,11H,(H,16,18)/t11-/m1/s1. The van der Waals surface area contributed by atoms with E-state index in [2.05, 4.69) is 10.3 Å². The number of carbonyl (C=O) groups excluding carboxylic acids is 1. The molecule has 4 rings (SSSR count). The zero-order chi connectivity index (χ0) is 13.7. The van der Waals surface area contributed by atoms with Gasteiger partial charge in [0.05, 0.1) is 17.2 Å². The second kappa shape index (κ2) is 3.80. The van der Waals surface area contributed by atoms with E-state index < -0.39 is 6.17 Å². The number of hydrogen-bond donors (Lipinski definition) is 1. The maximum absolute atomic E-state index is 12.6. The zero-order valence-corrected chi connectivity index (χ0v) is 10.2. The van der Waals surface area contributed by atoms with Crippen LogP contribution in [0.4, 0.5) is 0 Å². The molecule has 0 bridgehead atoms. The average molecular weight is 267 g/mol. The lowest BCUT2D eigenvalue weighted by Crippen LogP contribution is -2.28. The number of fused-ring (bicyclic) bond motifs is 2.